The molecule has 2 aliphatic heterocycles. The van der Waals surface area contributed by atoms with Crippen molar-refractivity contribution in [3.05, 3.63) is 152 Å². The molecule has 2 heterocycles. The van der Waals surface area contributed by atoms with Crippen molar-refractivity contribution in [1.82, 2.24) is 0 Å². The molecule has 2 aliphatic rings. The van der Waals surface area contributed by atoms with Crippen LogP contribution in [-0.4, -0.2) is 6.71 Å². The van der Waals surface area contributed by atoms with Gasteiger partial charge in [0, 0.05) is 16.6 Å². The van der Waals surface area contributed by atoms with Gasteiger partial charge in [-0.25, -0.2) is 0 Å². The molecule has 0 radical (unpaired) electrons. The third-order valence-electron chi connectivity index (χ3n) is 9.29. The molecule has 0 aromatic heterocycles. The number of hydrogen-bond donors (Lipinski definition) is 2. The Kier molecular flexibility index (Phi) is 6.19. The Bertz CT molecular complexity index is 2310. The second-order valence-corrected chi connectivity index (χ2v) is 12.0. The van der Waals surface area contributed by atoms with Crippen LogP contribution in [-0.2, 0) is 0 Å². The van der Waals surface area contributed by atoms with Crippen molar-refractivity contribution in [1.29, 1.82) is 0 Å². The minimum Gasteiger partial charge on any atom is -0.456 e. The summed E-state index contributed by atoms with van der Waals surface area (Å²) in [5.41, 5.74) is 26.1. The lowest BCUT2D eigenvalue weighted by Gasteiger charge is -2.38. The van der Waals surface area contributed by atoms with E-state index in [1.165, 1.54) is 0 Å². The van der Waals surface area contributed by atoms with Crippen LogP contribution in [0.3, 0.4) is 0 Å². The molecule has 0 unspecified atom stereocenters. The number of nitrogen functional groups attached to an aromatic ring is 2. The van der Waals surface area contributed by atoms with Gasteiger partial charge in [-0.15, -0.1) is 0 Å². The van der Waals surface area contributed by atoms with Gasteiger partial charge in [0.15, 0.2) is 0 Å². The number of para-hydroxylation sites is 1. The van der Waals surface area contributed by atoms with Crippen LogP contribution in [0.5, 0.6) is 23.0 Å². The van der Waals surface area contributed by atoms with Crippen molar-refractivity contribution in [3.8, 4) is 67.5 Å². The van der Waals surface area contributed by atoms with Crippen molar-refractivity contribution < 1.29 is 9.47 Å². The zero-order valence-corrected chi connectivity index (χ0v) is 25.5. The topological polar surface area (TPSA) is 70.5 Å². The monoisotopic (exact) mass is 604 g/mol. The highest BCUT2D eigenvalue weighted by Crippen LogP contribution is 2.53. The smallest absolute Gasteiger partial charge is 0.261 e. The first-order chi connectivity index (χ1) is 23.2. The van der Waals surface area contributed by atoms with E-state index in [4.69, 9.17) is 20.9 Å². The lowest BCUT2D eigenvalue weighted by atomic mass is 9.33. The number of fused-ring (bicyclic) bond motifs is 4. The van der Waals surface area contributed by atoms with Crippen molar-refractivity contribution >= 4 is 34.5 Å². The zero-order valence-electron chi connectivity index (χ0n) is 25.5. The first kappa shape index (κ1) is 27.1. The predicted octanol–water partition coefficient (Wildman–Crippen LogP) is 8.25. The van der Waals surface area contributed by atoms with Gasteiger partial charge in [-0.2, -0.15) is 0 Å². The second-order valence-electron chi connectivity index (χ2n) is 12.0. The lowest BCUT2D eigenvalue weighted by Crippen LogP contribution is -2.58. The Morgan fingerprint density at radius 1 is 0.383 bits per heavy atom. The molecular weight excluding hydrogens is 575 g/mol. The summed E-state index contributed by atoms with van der Waals surface area (Å²) < 4.78 is 13.7. The van der Waals surface area contributed by atoms with Gasteiger partial charge in [-0.1, -0.05) is 140 Å². The molecular formula is C42H29BN2O2. The normalized spacial score (nSPS) is 12.3. The summed E-state index contributed by atoms with van der Waals surface area (Å²) in [6, 6.07) is 52.4. The molecule has 47 heavy (non-hydrogen) atoms. The number of anilines is 2. The van der Waals surface area contributed by atoms with Gasteiger partial charge in [0.05, 0.1) is 11.4 Å². The van der Waals surface area contributed by atoms with Gasteiger partial charge in [-0.3, -0.25) is 0 Å². The van der Waals surface area contributed by atoms with E-state index in [0.29, 0.717) is 22.9 Å². The average molecular weight is 605 g/mol. The third kappa shape index (κ3) is 4.17. The molecule has 7 aromatic carbocycles. The Labute approximate surface area is 273 Å². The molecule has 0 atom stereocenters. The molecule has 0 saturated carbocycles. The molecule has 222 valence electrons. The number of ether oxygens (including phenoxy) is 2. The highest BCUT2D eigenvalue weighted by atomic mass is 16.5. The van der Waals surface area contributed by atoms with E-state index in [1.807, 2.05) is 18.2 Å². The summed E-state index contributed by atoms with van der Waals surface area (Å²) >= 11 is 0. The molecule has 9 rings (SSSR count). The Morgan fingerprint density at radius 3 is 1.36 bits per heavy atom. The Hall–Kier alpha value is -6.20. The van der Waals surface area contributed by atoms with Crippen LogP contribution in [0.1, 0.15) is 0 Å². The third-order valence-corrected chi connectivity index (χ3v) is 9.29. The van der Waals surface area contributed by atoms with E-state index in [1.54, 1.807) is 6.07 Å². The van der Waals surface area contributed by atoms with Gasteiger partial charge in [0.2, 0.25) is 0 Å². The van der Waals surface area contributed by atoms with Crippen molar-refractivity contribution in [2.75, 3.05) is 11.5 Å². The molecule has 4 nitrogen and oxygen atoms in total. The van der Waals surface area contributed by atoms with Crippen molar-refractivity contribution in [2.45, 2.75) is 0 Å². The summed E-state index contributed by atoms with van der Waals surface area (Å²) in [5.74, 6) is 2.74. The molecule has 0 fully saturated rings. The first-order valence-electron chi connectivity index (χ1n) is 15.8. The Morgan fingerprint density at radius 2 is 0.809 bits per heavy atom. The maximum Gasteiger partial charge on any atom is 0.261 e. The summed E-state index contributed by atoms with van der Waals surface area (Å²) in [6.07, 6.45) is 0. The van der Waals surface area contributed by atoms with Gasteiger partial charge in [0.1, 0.15) is 23.0 Å². The minimum atomic E-state index is -0.260. The molecule has 0 saturated heterocycles. The molecule has 0 amide bonds. The lowest BCUT2D eigenvalue weighted by molar-refractivity contribution is 0.468. The van der Waals surface area contributed by atoms with Gasteiger partial charge in [0.25, 0.3) is 6.71 Å². The van der Waals surface area contributed by atoms with Crippen LogP contribution >= 0.6 is 0 Å². The molecule has 0 bridgehead atoms. The van der Waals surface area contributed by atoms with Crippen LogP contribution in [0.25, 0.3) is 44.5 Å². The van der Waals surface area contributed by atoms with Gasteiger partial charge >= 0.3 is 0 Å². The fourth-order valence-corrected chi connectivity index (χ4v) is 7.38. The highest BCUT2D eigenvalue weighted by molar-refractivity contribution is 6.99. The van der Waals surface area contributed by atoms with E-state index in [0.717, 1.165) is 72.4 Å². The van der Waals surface area contributed by atoms with Gasteiger partial charge < -0.3 is 20.9 Å². The SMILES string of the molecule is Nc1cc(N)c2c3c1Oc1ccccc1B3c1c(c(-c3ccccc3)c(-c3ccccc3)c(-c3ccccc3)c1-c1ccccc1)O2. The number of benzene rings is 7. The molecule has 5 heteroatoms. The highest BCUT2D eigenvalue weighted by Gasteiger charge is 2.46. The van der Waals surface area contributed by atoms with E-state index in [-0.39, 0.29) is 6.71 Å². The van der Waals surface area contributed by atoms with E-state index < -0.39 is 0 Å². The van der Waals surface area contributed by atoms with Crippen LogP contribution < -0.4 is 37.3 Å². The fraction of sp³-hybridized carbons (Fsp3) is 0. The fourth-order valence-electron chi connectivity index (χ4n) is 7.38. The summed E-state index contributed by atoms with van der Waals surface area (Å²) in [5, 5.41) is 0. The summed E-state index contributed by atoms with van der Waals surface area (Å²) in [6.45, 7) is -0.260. The molecule has 4 N–H and O–H groups in total. The van der Waals surface area contributed by atoms with Crippen LogP contribution in [0.2, 0.25) is 0 Å². The predicted molar refractivity (Wildman–Crippen MR) is 195 cm³/mol. The number of hydrogen-bond acceptors (Lipinski definition) is 4. The zero-order chi connectivity index (χ0) is 31.5. The van der Waals surface area contributed by atoms with E-state index in [2.05, 4.69) is 127 Å². The van der Waals surface area contributed by atoms with E-state index in [9.17, 15) is 0 Å². The minimum absolute atomic E-state index is 0.260. The quantitative estimate of drug-likeness (QED) is 0.157. The van der Waals surface area contributed by atoms with Gasteiger partial charge in [-0.05, 0) is 56.4 Å². The van der Waals surface area contributed by atoms with Crippen LogP contribution in [0.4, 0.5) is 11.4 Å². The standard InChI is InChI=1S/C42H29BN2O2/c44-31-25-32(45)41-39-40(31)46-33-24-14-13-23-30(33)43(39)38-36(28-19-9-3-10-20-28)34(26-15-5-1-6-16-26)35(27-17-7-2-8-18-27)37(42(38)47-41)29-21-11-4-12-22-29/h1-25H,44-45H2. The largest absolute Gasteiger partial charge is 0.456 e. The summed E-state index contributed by atoms with van der Waals surface area (Å²) in [7, 11) is 0. The molecule has 7 aromatic rings. The average Bonchev–Trinajstić information content (AvgIpc) is 3.13. The van der Waals surface area contributed by atoms with Crippen LogP contribution in [0, 0.1) is 0 Å². The van der Waals surface area contributed by atoms with Crippen molar-refractivity contribution in [3.63, 3.8) is 0 Å². The maximum atomic E-state index is 7.17. The first-order valence-corrected chi connectivity index (χ1v) is 15.8. The summed E-state index contributed by atoms with van der Waals surface area (Å²) in [4.78, 5) is 0. The second kappa shape index (κ2) is 10.7. The van der Waals surface area contributed by atoms with Crippen LogP contribution in [0.15, 0.2) is 152 Å². The molecule has 0 spiro atoms. The number of rotatable bonds is 4. The molecule has 0 aliphatic carbocycles. The Balaban J connectivity index is 1.56. The maximum absolute atomic E-state index is 7.17. The van der Waals surface area contributed by atoms with Crippen molar-refractivity contribution in [2.24, 2.45) is 0 Å². The van der Waals surface area contributed by atoms with E-state index >= 15 is 0 Å². The number of nitrogens with two attached hydrogens (primary N) is 2.